The average Bonchev–Trinajstić information content (AvgIpc) is 2.62. The van der Waals surface area contributed by atoms with Crippen molar-refractivity contribution >= 4 is 5.91 Å². The highest BCUT2D eigenvalue weighted by Gasteiger charge is 2.43. The quantitative estimate of drug-likeness (QED) is 0.525. The van der Waals surface area contributed by atoms with E-state index in [-0.39, 0.29) is 5.91 Å². The van der Waals surface area contributed by atoms with E-state index in [2.05, 4.69) is 0 Å². The molecule has 1 rings (SSSR count). The topological polar surface area (TPSA) is 52.6 Å². The van der Waals surface area contributed by atoms with Crippen molar-refractivity contribution in [2.75, 3.05) is 13.6 Å². The minimum Gasteiger partial charge on any atom is -0.292 e. The number of amides is 1. The van der Waals surface area contributed by atoms with Crippen LogP contribution < -0.4 is 5.48 Å². The van der Waals surface area contributed by atoms with Crippen LogP contribution in [-0.4, -0.2) is 35.1 Å². The molecular formula is C10H22N2O2. The van der Waals surface area contributed by atoms with E-state index in [0.29, 0.717) is 0 Å². The third-order valence-electron chi connectivity index (χ3n) is 2.92. The van der Waals surface area contributed by atoms with E-state index in [4.69, 9.17) is 5.21 Å². The molecule has 0 aliphatic carbocycles. The normalized spacial score (nSPS) is 26.6. The molecular weight excluding hydrogens is 180 g/mol. The second-order valence-electron chi connectivity index (χ2n) is 3.35. The molecule has 4 nitrogen and oxygen atoms in total. The van der Waals surface area contributed by atoms with Gasteiger partial charge in [-0.05, 0) is 32.9 Å². The Hall–Kier alpha value is -0.610. The lowest BCUT2D eigenvalue weighted by Gasteiger charge is -2.32. The predicted octanol–water partition coefficient (Wildman–Crippen LogP) is 1.39. The number of hydrogen-bond acceptors (Lipinski definition) is 3. The van der Waals surface area contributed by atoms with Gasteiger partial charge in [0.05, 0.1) is 0 Å². The van der Waals surface area contributed by atoms with Gasteiger partial charge in [-0.2, -0.15) is 0 Å². The molecule has 1 saturated heterocycles. The fourth-order valence-electron chi connectivity index (χ4n) is 2.01. The zero-order valence-corrected chi connectivity index (χ0v) is 9.63. The van der Waals surface area contributed by atoms with Gasteiger partial charge in [-0.25, -0.2) is 5.48 Å². The van der Waals surface area contributed by atoms with E-state index in [1.165, 1.54) is 0 Å². The molecule has 1 unspecified atom stereocenters. The molecule has 4 heteroatoms. The van der Waals surface area contributed by atoms with E-state index in [1.807, 2.05) is 32.7 Å². The Bertz CT molecular complexity index is 185. The van der Waals surface area contributed by atoms with Gasteiger partial charge in [0.25, 0.3) is 5.91 Å². The second-order valence-corrected chi connectivity index (χ2v) is 3.35. The maximum Gasteiger partial charge on any atom is 0.263 e. The summed E-state index contributed by atoms with van der Waals surface area (Å²) in [7, 11) is 1.92. The number of rotatable bonds is 2. The van der Waals surface area contributed by atoms with E-state index in [0.717, 1.165) is 25.8 Å². The molecule has 2 N–H and O–H groups in total. The van der Waals surface area contributed by atoms with Crippen LogP contribution in [0, 0.1) is 0 Å². The zero-order valence-electron chi connectivity index (χ0n) is 9.63. The van der Waals surface area contributed by atoms with Gasteiger partial charge in [0.15, 0.2) is 0 Å². The highest BCUT2D eigenvalue weighted by molar-refractivity contribution is 5.85. The molecule has 1 fully saturated rings. The van der Waals surface area contributed by atoms with Gasteiger partial charge in [0, 0.05) is 0 Å². The molecule has 0 saturated carbocycles. The predicted molar refractivity (Wildman–Crippen MR) is 56.2 cm³/mol. The van der Waals surface area contributed by atoms with E-state index < -0.39 is 5.54 Å². The first-order valence-corrected chi connectivity index (χ1v) is 5.33. The van der Waals surface area contributed by atoms with Gasteiger partial charge in [-0.3, -0.25) is 14.9 Å². The minimum atomic E-state index is -0.464. The molecule has 0 radical (unpaired) electrons. The molecule has 0 spiro atoms. The van der Waals surface area contributed by atoms with Crippen LogP contribution in [0.3, 0.4) is 0 Å². The molecule has 84 valence electrons. The van der Waals surface area contributed by atoms with Crippen molar-refractivity contribution < 1.29 is 10.0 Å². The number of nitrogens with zero attached hydrogens (tertiary/aromatic N) is 1. The highest BCUT2D eigenvalue weighted by atomic mass is 16.5. The van der Waals surface area contributed by atoms with Crippen LogP contribution in [0.1, 0.15) is 40.0 Å². The molecule has 0 aromatic carbocycles. The first-order valence-electron chi connectivity index (χ1n) is 5.33. The van der Waals surface area contributed by atoms with Crippen LogP contribution in [0.25, 0.3) is 0 Å². The summed E-state index contributed by atoms with van der Waals surface area (Å²) in [6.07, 6.45) is 2.61. The molecule has 14 heavy (non-hydrogen) atoms. The van der Waals surface area contributed by atoms with Crippen LogP contribution in [0.4, 0.5) is 0 Å². The summed E-state index contributed by atoms with van der Waals surface area (Å²) in [6, 6.07) is 0. The Morgan fingerprint density at radius 2 is 2.14 bits per heavy atom. The largest absolute Gasteiger partial charge is 0.292 e. The number of likely N-dealkylation sites (tertiary alicyclic amines) is 1. The van der Waals surface area contributed by atoms with Crippen molar-refractivity contribution in [2.24, 2.45) is 0 Å². The van der Waals surface area contributed by atoms with Gasteiger partial charge >= 0.3 is 0 Å². The molecule has 1 aliphatic heterocycles. The minimum absolute atomic E-state index is 0.273. The van der Waals surface area contributed by atoms with E-state index >= 15 is 0 Å². The highest BCUT2D eigenvalue weighted by Crippen LogP contribution is 2.30. The molecule has 0 aromatic rings. The summed E-state index contributed by atoms with van der Waals surface area (Å²) in [5.41, 5.74) is 1.28. The van der Waals surface area contributed by atoms with Gasteiger partial charge in [0.2, 0.25) is 0 Å². The Morgan fingerprint density at radius 3 is 2.43 bits per heavy atom. The van der Waals surface area contributed by atoms with Crippen LogP contribution in [0.5, 0.6) is 0 Å². The summed E-state index contributed by atoms with van der Waals surface area (Å²) in [5.74, 6) is -0.273. The van der Waals surface area contributed by atoms with Crippen molar-refractivity contribution in [3.63, 3.8) is 0 Å². The zero-order chi connectivity index (χ0) is 11.2. The third-order valence-corrected chi connectivity index (χ3v) is 2.92. The van der Waals surface area contributed by atoms with Crippen LogP contribution in [0.15, 0.2) is 0 Å². The van der Waals surface area contributed by atoms with Crippen molar-refractivity contribution in [3.8, 4) is 0 Å². The van der Waals surface area contributed by atoms with Gasteiger partial charge < -0.3 is 0 Å². The van der Waals surface area contributed by atoms with Gasteiger partial charge in [0.1, 0.15) is 5.54 Å². The fourth-order valence-corrected chi connectivity index (χ4v) is 2.01. The Labute approximate surface area is 86.2 Å². The lowest BCUT2D eigenvalue weighted by atomic mass is 9.92. The van der Waals surface area contributed by atoms with Crippen molar-refractivity contribution in [3.05, 3.63) is 0 Å². The first kappa shape index (κ1) is 13.4. The summed E-state index contributed by atoms with van der Waals surface area (Å²) in [4.78, 5) is 13.4. The molecule has 1 amide bonds. The number of hydroxylamine groups is 1. The third kappa shape index (κ3) is 2.25. The number of likely N-dealkylation sites (N-methyl/N-ethyl adjacent to an activating group) is 1. The smallest absolute Gasteiger partial charge is 0.263 e. The van der Waals surface area contributed by atoms with Crippen LogP contribution >= 0.6 is 0 Å². The molecule has 0 aromatic heterocycles. The van der Waals surface area contributed by atoms with E-state index in [9.17, 15) is 4.79 Å². The molecule has 1 aliphatic rings. The molecule has 1 heterocycles. The number of nitrogens with one attached hydrogen (secondary N) is 1. The van der Waals surface area contributed by atoms with Gasteiger partial charge in [-0.15, -0.1) is 0 Å². The SMILES string of the molecule is CC.CCC1(C(=O)NO)CCCN1C. The Kier molecular flexibility index (Phi) is 5.72. The van der Waals surface area contributed by atoms with Crippen molar-refractivity contribution in [2.45, 2.75) is 45.6 Å². The maximum absolute atomic E-state index is 11.4. The lowest BCUT2D eigenvalue weighted by molar-refractivity contribution is -0.140. The lowest BCUT2D eigenvalue weighted by Crippen LogP contribution is -2.52. The fraction of sp³-hybridized carbons (Fsp3) is 0.900. The van der Waals surface area contributed by atoms with Crippen molar-refractivity contribution in [1.82, 2.24) is 10.4 Å². The van der Waals surface area contributed by atoms with Crippen molar-refractivity contribution in [1.29, 1.82) is 0 Å². The summed E-state index contributed by atoms with van der Waals surface area (Å²) in [6.45, 7) is 6.90. The number of hydrogen-bond donors (Lipinski definition) is 2. The maximum atomic E-state index is 11.4. The van der Waals surface area contributed by atoms with Crippen LogP contribution in [-0.2, 0) is 4.79 Å². The second kappa shape index (κ2) is 5.98. The summed E-state index contributed by atoms with van der Waals surface area (Å²) < 4.78 is 0. The molecule has 0 bridgehead atoms. The Morgan fingerprint density at radius 1 is 1.57 bits per heavy atom. The first-order chi connectivity index (χ1) is 6.67. The van der Waals surface area contributed by atoms with Gasteiger partial charge in [-0.1, -0.05) is 20.8 Å². The summed E-state index contributed by atoms with van der Waals surface area (Å²) >= 11 is 0. The Balaban J connectivity index is 0.000000791. The van der Waals surface area contributed by atoms with Crippen LogP contribution in [0.2, 0.25) is 0 Å². The monoisotopic (exact) mass is 202 g/mol. The van der Waals surface area contributed by atoms with E-state index in [1.54, 1.807) is 5.48 Å². The number of carbonyl (C=O) groups excluding carboxylic acids is 1. The summed E-state index contributed by atoms with van der Waals surface area (Å²) in [5, 5.41) is 8.58. The molecule has 1 atom stereocenters. The average molecular weight is 202 g/mol. The number of carbonyl (C=O) groups is 1. The standard InChI is InChI=1S/C8H16N2O2.C2H6/c1-3-8(7(11)9-12)5-4-6-10(8)2;1-2/h12H,3-6H2,1-2H3,(H,9,11);1-2H3.